The predicted octanol–water partition coefficient (Wildman–Crippen LogP) is 3.09. The van der Waals surface area contributed by atoms with Crippen LogP contribution in [0, 0.1) is 0 Å². The van der Waals surface area contributed by atoms with Gasteiger partial charge in [-0.3, -0.25) is 0 Å². The molecule has 0 saturated carbocycles. The van der Waals surface area contributed by atoms with Crippen LogP contribution in [0.25, 0.3) is 0 Å². The quantitative estimate of drug-likeness (QED) is 0.891. The number of para-hydroxylation sites is 1. The fourth-order valence-electron chi connectivity index (χ4n) is 3.50. The molecule has 3 heteroatoms. The molecule has 0 aliphatic carbocycles. The first-order valence-electron chi connectivity index (χ1n) is 7.95. The van der Waals surface area contributed by atoms with Crippen LogP contribution in [0.1, 0.15) is 36.4 Å². The molecule has 1 aliphatic rings. The van der Waals surface area contributed by atoms with Crippen LogP contribution in [0.4, 0.5) is 5.69 Å². The summed E-state index contributed by atoms with van der Waals surface area (Å²) in [5, 5.41) is 19.9. The summed E-state index contributed by atoms with van der Waals surface area (Å²) < 4.78 is 0. The van der Waals surface area contributed by atoms with Gasteiger partial charge in [0.15, 0.2) is 0 Å². The summed E-state index contributed by atoms with van der Waals surface area (Å²) in [7, 11) is 0. The Kier molecular flexibility index (Phi) is 4.46. The molecule has 22 heavy (non-hydrogen) atoms. The summed E-state index contributed by atoms with van der Waals surface area (Å²) in [6.07, 6.45) is 0.274. The highest BCUT2D eigenvalue weighted by atomic mass is 16.3. The summed E-state index contributed by atoms with van der Waals surface area (Å²) in [5.41, 5.74) is 3.56. The van der Waals surface area contributed by atoms with Crippen molar-refractivity contribution in [1.29, 1.82) is 0 Å². The number of fused-ring (bicyclic) bond motifs is 1. The van der Waals surface area contributed by atoms with Gasteiger partial charge in [-0.15, -0.1) is 0 Å². The summed E-state index contributed by atoms with van der Waals surface area (Å²) in [4.78, 5) is 2.25. The highest BCUT2D eigenvalue weighted by Crippen LogP contribution is 2.43. The van der Waals surface area contributed by atoms with Gasteiger partial charge in [0, 0.05) is 18.2 Å². The number of aliphatic hydroxyl groups is 2. The Balaban J connectivity index is 2.03. The smallest absolute Gasteiger partial charge is 0.101 e. The average molecular weight is 297 g/mol. The van der Waals surface area contributed by atoms with Crippen molar-refractivity contribution in [2.24, 2.45) is 0 Å². The van der Waals surface area contributed by atoms with E-state index in [2.05, 4.69) is 30.0 Å². The minimum Gasteiger partial charge on any atom is -0.394 e. The topological polar surface area (TPSA) is 43.7 Å². The highest BCUT2D eigenvalue weighted by molar-refractivity contribution is 5.62. The molecule has 0 fully saturated rings. The molecule has 0 spiro atoms. The highest BCUT2D eigenvalue weighted by Gasteiger charge is 2.35. The molecule has 2 aromatic carbocycles. The fourth-order valence-corrected chi connectivity index (χ4v) is 3.50. The monoisotopic (exact) mass is 297 g/mol. The van der Waals surface area contributed by atoms with Gasteiger partial charge in [0.05, 0.1) is 12.6 Å². The van der Waals surface area contributed by atoms with E-state index < -0.39 is 6.10 Å². The van der Waals surface area contributed by atoms with E-state index in [0.717, 1.165) is 18.5 Å². The Morgan fingerprint density at radius 3 is 2.45 bits per heavy atom. The number of aliphatic hydroxyl groups excluding tert-OH is 2. The first kappa shape index (κ1) is 15.1. The number of anilines is 1. The number of hydrogen-bond donors (Lipinski definition) is 2. The maximum absolute atomic E-state index is 10.4. The summed E-state index contributed by atoms with van der Waals surface area (Å²) >= 11 is 0. The Bertz CT molecular complexity index is 614. The van der Waals surface area contributed by atoms with Gasteiger partial charge in [-0.1, -0.05) is 55.5 Å². The van der Waals surface area contributed by atoms with E-state index in [0.29, 0.717) is 5.92 Å². The molecule has 1 aliphatic heterocycles. The van der Waals surface area contributed by atoms with E-state index in [9.17, 15) is 10.2 Å². The van der Waals surface area contributed by atoms with Crippen LogP contribution in [-0.2, 0) is 0 Å². The molecular weight excluding hydrogens is 274 g/mol. The van der Waals surface area contributed by atoms with Gasteiger partial charge in [-0.2, -0.15) is 0 Å². The number of nitrogens with zero attached hydrogens (tertiary/aromatic N) is 1. The van der Waals surface area contributed by atoms with Crippen molar-refractivity contribution < 1.29 is 10.2 Å². The van der Waals surface area contributed by atoms with E-state index in [4.69, 9.17) is 0 Å². The van der Waals surface area contributed by atoms with E-state index in [1.54, 1.807) is 0 Å². The molecule has 3 rings (SSSR count). The second kappa shape index (κ2) is 6.51. The number of hydrogen-bond acceptors (Lipinski definition) is 3. The number of benzene rings is 2. The molecule has 2 N–H and O–H groups in total. The molecule has 0 saturated heterocycles. The molecule has 3 atom stereocenters. The minimum absolute atomic E-state index is 0.219. The predicted molar refractivity (Wildman–Crippen MR) is 89.1 cm³/mol. The van der Waals surface area contributed by atoms with Crippen LogP contribution >= 0.6 is 0 Å². The molecule has 116 valence electrons. The normalized spacial score (nSPS) is 19.8. The zero-order valence-corrected chi connectivity index (χ0v) is 12.9. The van der Waals surface area contributed by atoms with Crippen molar-refractivity contribution in [2.75, 3.05) is 18.1 Å². The van der Waals surface area contributed by atoms with Crippen LogP contribution in [-0.4, -0.2) is 29.5 Å². The van der Waals surface area contributed by atoms with Crippen molar-refractivity contribution in [3.63, 3.8) is 0 Å². The van der Waals surface area contributed by atoms with E-state index in [1.165, 1.54) is 11.3 Å². The lowest BCUT2D eigenvalue weighted by atomic mass is 9.99. The largest absolute Gasteiger partial charge is 0.394 e. The summed E-state index contributed by atoms with van der Waals surface area (Å²) in [6.45, 7) is 2.84. The van der Waals surface area contributed by atoms with Crippen molar-refractivity contribution >= 4 is 5.69 Å². The van der Waals surface area contributed by atoms with E-state index >= 15 is 0 Å². The Morgan fingerprint density at radius 2 is 1.77 bits per heavy atom. The maximum atomic E-state index is 10.4. The summed E-state index contributed by atoms with van der Waals surface area (Å²) in [6, 6.07) is 18.2. The minimum atomic E-state index is -0.800. The van der Waals surface area contributed by atoms with Gasteiger partial charge >= 0.3 is 0 Å². The summed E-state index contributed by atoms with van der Waals surface area (Å²) in [5.74, 6) is 0.480. The van der Waals surface area contributed by atoms with E-state index in [-0.39, 0.29) is 12.6 Å². The Morgan fingerprint density at radius 1 is 1.09 bits per heavy atom. The first-order valence-corrected chi connectivity index (χ1v) is 7.95. The van der Waals surface area contributed by atoms with Gasteiger partial charge in [0.2, 0.25) is 0 Å². The van der Waals surface area contributed by atoms with Crippen LogP contribution in [0.2, 0.25) is 0 Å². The lowest BCUT2D eigenvalue weighted by Crippen LogP contribution is -2.38. The second-order valence-corrected chi connectivity index (χ2v) is 5.92. The molecule has 2 aromatic rings. The van der Waals surface area contributed by atoms with E-state index in [1.807, 2.05) is 36.4 Å². The average Bonchev–Trinajstić information content (AvgIpc) is 2.95. The molecule has 0 radical (unpaired) electrons. The van der Waals surface area contributed by atoms with Crippen LogP contribution in [0.15, 0.2) is 54.6 Å². The van der Waals surface area contributed by atoms with Gasteiger partial charge in [-0.05, 0) is 23.6 Å². The van der Waals surface area contributed by atoms with Crippen molar-refractivity contribution in [3.8, 4) is 0 Å². The lowest BCUT2D eigenvalue weighted by molar-refractivity contribution is 0.0714. The Hall–Kier alpha value is -1.84. The first-order chi connectivity index (χ1) is 10.8. The molecule has 1 heterocycles. The van der Waals surface area contributed by atoms with Gasteiger partial charge < -0.3 is 15.1 Å². The van der Waals surface area contributed by atoms with Crippen LogP contribution < -0.4 is 4.90 Å². The van der Waals surface area contributed by atoms with Crippen LogP contribution in [0.3, 0.4) is 0 Å². The fraction of sp³-hybridized carbons (Fsp3) is 0.368. The Labute approximate surface area is 131 Å². The van der Waals surface area contributed by atoms with Gasteiger partial charge in [-0.25, -0.2) is 0 Å². The van der Waals surface area contributed by atoms with Crippen molar-refractivity contribution in [1.82, 2.24) is 0 Å². The molecule has 1 unspecified atom stereocenters. The standard InChI is InChI=1S/C19H23NO2/c1-2-14-12-20(17-11-7-6-10-16(14)17)19(18(22)13-21)15-8-4-3-5-9-15/h3-11,14,18-19,21-22H,2,12-13H2,1H3/t14?,18-,19+/m1/s1. The maximum Gasteiger partial charge on any atom is 0.101 e. The van der Waals surface area contributed by atoms with Gasteiger partial charge in [0.25, 0.3) is 0 Å². The lowest BCUT2D eigenvalue weighted by Gasteiger charge is -2.34. The van der Waals surface area contributed by atoms with Crippen LogP contribution in [0.5, 0.6) is 0 Å². The molecular formula is C19H23NO2. The zero-order chi connectivity index (χ0) is 15.5. The third kappa shape index (κ3) is 2.62. The third-order valence-electron chi connectivity index (χ3n) is 4.62. The molecule has 0 aromatic heterocycles. The van der Waals surface area contributed by atoms with Crippen molar-refractivity contribution in [2.45, 2.75) is 31.4 Å². The zero-order valence-electron chi connectivity index (χ0n) is 12.9. The van der Waals surface area contributed by atoms with Gasteiger partial charge in [0.1, 0.15) is 6.10 Å². The second-order valence-electron chi connectivity index (χ2n) is 5.92. The van der Waals surface area contributed by atoms with Crippen molar-refractivity contribution in [3.05, 3.63) is 65.7 Å². The molecule has 0 amide bonds. The SMILES string of the molecule is CCC1CN([C@@H](c2ccccc2)[C@H](O)CO)c2ccccc21. The third-order valence-corrected chi connectivity index (χ3v) is 4.62. The molecule has 3 nitrogen and oxygen atoms in total. The molecule has 0 bridgehead atoms. The number of rotatable bonds is 5.